The molecule has 7 nitrogen and oxygen atoms in total. The molecule has 0 radical (unpaired) electrons. The summed E-state index contributed by atoms with van der Waals surface area (Å²) in [6.07, 6.45) is 2.81. The number of nitro groups is 1. The Hall–Kier alpha value is -3.35. The van der Waals surface area contributed by atoms with E-state index in [2.05, 4.69) is 9.97 Å². The minimum atomic E-state index is -0.526. The van der Waals surface area contributed by atoms with Crippen molar-refractivity contribution < 1.29 is 14.5 Å². The fourth-order valence-corrected chi connectivity index (χ4v) is 2.75. The van der Waals surface area contributed by atoms with Gasteiger partial charge in [-0.05, 0) is 12.1 Å². The zero-order valence-electron chi connectivity index (χ0n) is 11.0. The number of benzene rings is 1. The highest BCUT2D eigenvalue weighted by atomic mass is 16.6. The number of nitrogens with one attached hydrogen (secondary N) is 1. The fourth-order valence-electron chi connectivity index (χ4n) is 2.75. The van der Waals surface area contributed by atoms with E-state index in [1.54, 1.807) is 0 Å². The molecule has 0 aliphatic heterocycles. The number of rotatable bonds is 1. The van der Waals surface area contributed by atoms with Gasteiger partial charge in [-0.25, -0.2) is 0 Å². The number of carbonyl (C=O) groups is 2. The maximum Gasteiger partial charge on any atom is 0.271 e. The van der Waals surface area contributed by atoms with Gasteiger partial charge < -0.3 is 4.98 Å². The second-order valence-corrected chi connectivity index (χ2v) is 4.94. The summed E-state index contributed by atoms with van der Waals surface area (Å²) >= 11 is 0. The number of aromatic amines is 1. The maximum atomic E-state index is 12.6. The Morgan fingerprint density at radius 3 is 2.68 bits per heavy atom. The van der Waals surface area contributed by atoms with Gasteiger partial charge in [0.15, 0.2) is 5.78 Å². The highest BCUT2D eigenvalue weighted by Crippen LogP contribution is 2.33. The van der Waals surface area contributed by atoms with Crippen molar-refractivity contribution in [1.82, 2.24) is 9.97 Å². The summed E-state index contributed by atoms with van der Waals surface area (Å²) in [5, 5.41) is 11.3. The molecular weight excluding hydrogens is 286 g/mol. The van der Waals surface area contributed by atoms with E-state index in [1.807, 2.05) is 0 Å². The number of carbonyl (C=O) groups excluding carboxylic acids is 2. The zero-order valence-corrected chi connectivity index (χ0v) is 11.0. The first kappa shape index (κ1) is 12.4. The van der Waals surface area contributed by atoms with Crippen LogP contribution in [0.2, 0.25) is 0 Å². The largest absolute Gasteiger partial charge is 0.351 e. The van der Waals surface area contributed by atoms with E-state index in [4.69, 9.17) is 0 Å². The van der Waals surface area contributed by atoms with Crippen molar-refractivity contribution in [2.75, 3.05) is 0 Å². The molecule has 4 rings (SSSR count). The quantitative estimate of drug-likeness (QED) is 0.428. The van der Waals surface area contributed by atoms with Crippen LogP contribution < -0.4 is 0 Å². The molecule has 0 bridgehead atoms. The van der Waals surface area contributed by atoms with Crippen molar-refractivity contribution in [2.24, 2.45) is 0 Å². The molecule has 1 aromatic carbocycles. The Labute approximate surface area is 122 Å². The van der Waals surface area contributed by atoms with Gasteiger partial charge in [0.1, 0.15) is 0 Å². The van der Waals surface area contributed by atoms with Crippen LogP contribution in [-0.2, 0) is 0 Å². The number of pyridine rings is 1. The number of nitrogens with zero attached hydrogens (tertiary/aromatic N) is 2. The van der Waals surface area contributed by atoms with E-state index >= 15 is 0 Å². The lowest BCUT2D eigenvalue weighted by atomic mass is 9.88. The molecule has 2 heterocycles. The molecule has 22 heavy (non-hydrogen) atoms. The van der Waals surface area contributed by atoms with Crippen molar-refractivity contribution in [3.8, 4) is 0 Å². The number of hydrogen-bond acceptors (Lipinski definition) is 5. The first-order valence-corrected chi connectivity index (χ1v) is 6.41. The van der Waals surface area contributed by atoms with Gasteiger partial charge >= 0.3 is 0 Å². The topological polar surface area (TPSA) is 106 Å². The number of non-ortho nitro benzene ring substituents is 1. The van der Waals surface area contributed by atoms with Crippen LogP contribution in [0.3, 0.4) is 0 Å². The minimum absolute atomic E-state index is 0.106. The van der Waals surface area contributed by atoms with Crippen molar-refractivity contribution >= 4 is 28.2 Å². The summed E-state index contributed by atoms with van der Waals surface area (Å²) in [5.41, 5.74) is 1.23. The van der Waals surface area contributed by atoms with Crippen molar-refractivity contribution in [3.05, 3.63) is 69.2 Å². The predicted octanol–water partition coefficient (Wildman–Crippen LogP) is 2.25. The molecule has 106 valence electrons. The molecule has 1 aliphatic rings. The van der Waals surface area contributed by atoms with Gasteiger partial charge in [0.05, 0.1) is 27.3 Å². The summed E-state index contributed by atoms with van der Waals surface area (Å²) in [7, 11) is 0. The Balaban J connectivity index is 2.04. The molecule has 0 saturated heterocycles. The van der Waals surface area contributed by atoms with Gasteiger partial charge in [-0.3, -0.25) is 24.7 Å². The molecule has 7 heteroatoms. The monoisotopic (exact) mass is 293 g/mol. The number of fused-ring (bicyclic) bond motifs is 4. The lowest BCUT2D eigenvalue weighted by molar-refractivity contribution is -0.384. The van der Waals surface area contributed by atoms with Crippen LogP contribution in [0.4, 0.5) is 5.69 Å². The average Bonchev–Trinajstić information content (AvgIpc) is 2.91. The molecule has 1 N–H and O–H groups in total. The van der Waals surface area contributed by atoms with E-state index in [0.717, 1.165) is 0 Å². The normalized spacial score (nSPS) is 13.1. The highest BCUT2D eigenvalue weighted by molar-refractivity contribution is 6.31. The van der Waals surface area contributed by atoms with Gasteiger partial charge in [0.25, 0.3) is 5.69 Å². The second kappa shape index (κ2) is 4.08. The number of nitro benzene ring substituents is 1. The van der Waals surface area contributed by atoms with Gasteiger partial charge in [-0.1, -0.05) is 0 Å². The van der Waals surface area contributed by atoms with Gasteiger partial charge in [0, 0.05) is 35.5 Å². The van der Waals surface area contributed by atoms with Crippen molar-refractivity contribution in [1.29, 1.82) is 0 Å². The summed E-state index contributed by atoms with van der Waals surface area (Å²) in [5.74, 6) is -0.622. The Kier molecular flexibility index (Phi) is 2.30. The number of hydrogen-bond donors (Lipinski definition) is 1. The first-order chi connectivity index (χ1) is 10.6. The lowest BCUT2D eigenvalue weighted by Crippen LogP contribution is -2.20. The third-order valence-corrected chi connectivity index (χ3v) is 3.76. The summed E-state index contributed by atoms with van der Waals surface area (Å²) in [6, 6.07) is 5.60. The van der Waals surface area contributed by atoms with Gasteiger partial charge in [-0.15, -0.1) is 0 Å². The number of aromatic nitrogens is 2. The fraction of sp³-hybridized carbons (Fsp3) is 0. The Morgan fingerprint density at radius 1 is 1.09 bits per heavy atom. The molecule has 0 saturated carbocycles. The number of H-pyrrole nitrogens is 1. The Bertz CT molecular complexity index is 1000. The smallest absolute Gasteiger partial charge is 0.271 e. The number of ketones is 2. The average molecular weight is 293 g/mol. The van der Waals surface area contributed by atoms with Gasteiger partial charge in [-0.2, -0.15) is 0 Å². The van der Waals surface area contributed by atoms with Crippen LogP contribution in [0.5, 0.6) is 0 Å². The second-order valence-electron chi connectivity index (χ2n) is 4.94. The van der Waals surface area contributed by atoms with Crippen molar-refractivity contribution in [3.63, 3.8) is 0 Å². The van der Waals surface area contributed by atoms with Crippen LogP contribution in [-0.4, -0.2) is 26.5 Å². The van der Waals surface area contributed by atoms with E-state index in [9.17, 15) is 19.7 Å². The third-order valence-electron chi connectivity index (χ3n) is 3.76. The summed E-state index contributed by atoms with van der Waals surface area (Å²) in [4.78, 5) is 42.1. The molecule has 0 atom stereocenters. The SMILES string of the molecule is O=C1c2ccncc2C(=O)c2c1[nH]c1cc([N+](=O)[O-])ccc21. The minimum Gasteiger partial charge on any atom is -0.351 e. The first-order valence-electron chi connectivity index (χ1n) is 6.41. The van der Waals surface area contributed by atoms with E-state index in [0.29, 0.717) is 10.9 Å². The van der Waals surface area contributed by atoms with E-state index in [-0.39, 0.29) is 39.6 Å². The molecule has 0 fully saturated rings. The molecule has 0 amide bonds. The molecular formula is C15H7N3O4. The lowest BCUT2D eigenvalue weighted by Gasteiger charge is -2.13. The molecule has 0 unspecified atom stereocenters. The van der Waals surface area contributed by atoms with E-state index in [1.165, 1.54) is 36.7 Å². The van der Waals surface area contributed by atoms with Crippen LogP contribution in [0.15, 0.2) is 36.7 Å². The van der Waals surface area contributed by atoms with Crippen LogP contribution >= 0.6 is 0 Å². The van der Waals surface area contributed by atoms with Crippen LogP contribution in [0.25, 0.3) is 10.9 Å². The molecule has 2 aromatic heterocycles. The van der Waals surface area contributed by atoms with Crippen molar-refractivity contribution in [2.45, 2.75) is 0 Å². The molecule has 3 aromatic rings. The highest BCUT2D eigenvalue weighted by Gasteiger charge is 2.33. The molecule has 0 spiro atoms. The van der Waals surface area contributed by atoms with E-state index < -0.39 is 4.92 Å². The Morgan fingerprint density at radius 2 is 1.91 bits per heavy atom. The van der Waals surface area contributed by atoms with Crippen LogP contribution in [0, 0.1) is 10.1 Å². The zero-order chi connectivity index (χ0) is 15.4. The summed E-state index contributed by atoms with van der Waals surface area (Å²) < 4.78 is 0. The summed E-state index contributed by atoms with van der Waals surface area (Å²) in [6.45, 7) is 0. The third kappa shape index (κ3) is 1.47. The molecule has 1 aliphatic carbocycles. The standard InChI is InChI=1S/C15H7N3O4/c19-14-10-6-16-4-3-8(10)15(20)13-12(14)9-2-1-7(18(21)22)5-11(9)17-13/h1-6,17H. The maximum absolute atomic E-state index is 12.6. The predicted molar refractivity (Wildman–Crippen MR) is 76.1 cm³/mol. The van der Waals surface area contributed by atoms with Gasteiger partial charge in [0.2, 0.25) is 5.78 Å². The van der Waals surface area contributed by atoms with Crippen LogP contribution in [0.1, 0.15) is 32.0 Å².